The Hall–Kier alpha value is 1.31. The molecule has 0 radical (unpaired) electrons. The molecule has 0 aliphatic heterocycles. The Morgan fingerprint density at radius 3 is 2.07 bits per heavy atom. The van der Waals surface area contributed by atoms with Crippen LogP contribution in [-0.2, 0) is 3.67 Å². The SMILES string of the molecule is ClSC(Cl)(Cl)c1ccc(Cl)c(Cl)c1Cl. The molecular weight excluding hydrogens is 329 g/mol. The largest absolute Gasteiger partial charge is 0.204 e. The van der Waals surface area contributed by atoms with Crippen molar-refractivity contribution in [3.8, 4) is 0 Å². The number of hydrogen-bond acceptors (Lipinski definition) is 1. The summed E-state index contributed by atoms with van der Waals surface area (Å²) in [7, 11) is 6.24. The Balaban J connectivity index is 3.31. The van der Waals surface area contributed by atoms with Crippen molar-refractivity contribution in [1.82, 2.24) is 0 Å². The summed E-state index contributed by atoms with van der Waals surface area (Å²) in [4.78, 5) is 0. The van der Waals surface area contributed by atoms with E-state index in [2.05, 4.69) is 0 Å². The number of rotatable bonds is 2. The summed E-state index contributed by atoms with van der Waals surface area (Å²) in [5.41, 5.74) is 0.414. The molecule has 1 aromatic rings. The molecule has 0 saturated heterocycles. The Labute approximate surface area is 115 Å². The number of alkyl halides is 2. The van der Waals surface area contributed by atoms with Crippen LogP contribution in [0, 0.1) is 0 Å². The van der Waals surface area contributed by atoms with Crippen LogP contribution in [0.5, 0.6) is 0 Å². The quantitative estimate of drug-likeness (QED) is 0.465. The molecule has 78 valence electrons. The van der Waals surface area contributed by atoms with Gasteiger partial charge in [-0.1, -0.05) is 64.1 Å². The van der Waals surface area contributed by atoms with E-state index in [0.717, 1.165) is 11.0 Å². The Morgan fingerprint density at radius 1 is 1.00 bits per heavy atom. The molecule has 0 fully saturated rings. The summed E-state index contributed by atoms with van der Waals surface area (Å²) >= 11 is 29.2. The first-order chi connectivity index (χ1) is 6.40. The Kier molecular flexibility index (Phi) is 4.87. The van der Waals surface area contributed by atoms with Gasteiger partial charge in [-0.15, -0.1) is 0 Å². The third-order valence-corrected chi connectivity index (χ3v) is 5.19. The molecule has 14 heavy (non-hydrogen) atoms. The average Bonchev–Trinajstić information content (AvgIpc) is 2.14. The zero-order valence-electron chi connectivity index (χ0n) is 6.33. The zero-order valence-corrected chi connectivity index (χ0v) is 11.7. The van der Waals surface area contributed by atoms with Crippen LogP contribution in [0.3, 0.4) is 0 Å². The van der Waals surface area contributed by atoms with Gasteiger partial charge in [0, 0.05) is 5.56 Å². The summed E-state index contributed by atoms with van der Waals surface area (Å²) in [5.74, 6) is 0. The van der Waals surface area contributed by atoms with Crippen LogP contribution in [0.25, 0.3) is 0 Å². The van der Waals surface area contributed by atoms with Gasteiger partial charge in [0.2, 0.25) is 3.67 Å². The maximum Gasteiger partial charge on any atom is 0.204 e. The minimum Gasteiger partial charge on any atom is -0.0827 e. The van der Waals surface area contributed by atoms with Crippen LogP contribution in [0.1, 0.15) is 5.56 Å². The van der Waals surface area contributed by atoms with E-state index in [0.29, 0.717) is 10.6 Å². The summed E-state index contributed by atoms with van der Waals surface area (Å²) in [5, 5.41) is 0.753. The first kappa shape index (κ1) is 13.4. The van der Waals surface area contributed by atoms with E-state index in [4.69, 9.17) is 68.7 Å². The summed E-state index contributed by atoms with van der Waals surface area (Å²) in [6.45, 7) is 0. The second-order valence-corrected chi connectivity index (χ2v) is 6.49. The van der Waals surface area contributed by atoms with Gasteiger partial charge >= 0.3 is 0 Å². The molecule has 0 unspecified atom stereocenters. The molecule has 1 aromatic carbocycles. The fraction of sp³-hybridized carbons (Fsp3) is 0.143. The monoisotopic (exact) mass is 328 g/mol. The molecule has 1 rings (SSSR count). The maximum atomic E-state index is 5.90. The van der Waals surface area contributed by atoms with Gasteiger partial charge in [-0.2, -0.15) is 0 Å². The second kappa shape index (κ2) is 5.09. The van der Waals surface area contributed by atoms with Gasteiger partial charge in [-0.05, 0) is 27.7 Å². The predicted molar refractivity (Wildman–Crippen MR) is 68.3 cm³/mol. The van der Waals surface area contributed by atoms with E-state index in [1.54, 1.807) is 12.1 Å². The van der Waals surface area contributed by atoms with Crippen LogP contribution in [0.15, 0.2) is 12.1 Å². The third kappa shape index (κ3) is 2.70. The smallest absolute Gasteiger partial charge is 0.0827 e. The molecule has 0 bridgehead atoms. The normalized spacial score (nSPS) is 11.9. The highest BCUT2D eigenvalue weighted by molar-refractivity contribution is 8.23. The van der Waals surface area contributed by atoms with Crippen molar-refractivity contribution >= 4 is 79.7 Å². The lowest BCUT2D eigenvalue weighted by Gasteiger charge is -2.17. The van der Waals surface area contributed by atoms with Crippen molar-refractivity contribution < 1.29 is 0 Å². The summed E-state index contributed by atoms with van der Waals surface area (Å²) in [6, 6.07) is 3.13. The fourth-order valence-corrected chi connectivity index (χ4v) is 2.44. The predicted octanol–water partition coefficient (Wildman–Crippen LogP) is 6.12. The molecular formula is C7H2Cl6S. The molecule has 0 heterocycles. The first-order valence-electron chi connectivity index (χ1n) is 3.21. The lowest BCUT2D eigenvalue weighted by atomic mass is 10.2. The van der Waals surface area contributed by atoms with E-state index in [9.17, 15) is 0 Å². The van der Waals surface area contributed by atoms with Gasteiger partial charge in [-0.3, -0.25) is 0 Å². The lowest BCUT2D eigenvalue weighted by molar-refractivity contribution is 1.27. The summed E-state index contributed by atoms with van der Waals surface area (Å²) in [6.07, 6.45) is 0. The van der Waals surface area contributed by atoms with Crippen LogP contribution < -0.4 is 0 Å². The van der Waals surface area contributed by atoms with E-state index < -0.39 is 3.67 Å². The van der Waals surface area contributed by atoms with Gasteiger partial charge in [-0.25, -0.2) is 0 Å². The van der Waals surface area contributed by atoms with Gasteiger partial charge in [0.05, 0.1) is 15.1 Å². The van der Waals surface area contributed by atoms with E-state index >= 15 is 0 Å². The first-order valence-corrected chi connectivity index (χ1v) is 6.75. The molecule has 0 N–H and O–H groups in total. The van der Waals surface area contributed by atoms with E-state index in [-0.39, 0.29) is 10.0 Å². The maximum absolute atomic E-state index is 5.90. The second-order valence-electron chi connectivity index (χ2n) is 2.32. The van der Waals surface area contributed by atoms with Crippen molar-refractivity contribution in [2.75, 3.05) is 0 Å². The Morgan fingerprint density at radius 2 is 1.57 bits per heavy atom. The highest BCUT2D eigenvalue weighted by Gasteiger charge is 2.30. The molecule has 0 nitrogen and oxygen atoms in total. The van der Waals surface area contributed by atoms with Crippen molar-refractivity contribution in [2.45, 2.75) is 3.67 Å². The highest BCUT2D eigenvalue weighted by atomic mass is 35.7. The van der Waals surface area contributed by atoms with E-state index in [1.807, 2.05) is 0 Å². The standard InChI is InChI=1S/C7H2Cl6S/c8-4-2-1-3(5(9)6(4)10)7(11,12)14-13/h1-2H. The molecule has 0 aromatic heterocycles. The molecule has 0 aliphatic rings. The van der Waals surface area contributed by atoms with E-state index in [1.165, 1.54) is 0 Å². The zero-order chi connectivity index (χ0) is 10.9. The molecule has 0 amide bonds. The average molecular weight is 331 g/mol. The van der Waals surface area contributed by atoms with Crippen LogP contribution in [0.2, 0.25) is 15.1 Å². The molecule has 0 aliphatic carbocycles. The number of benzene rings is 1. The van der Waals surface area contributed by atoms with Gasteiger partial charge < -0.3 is 0 Å². The van der Waals surface area contributed by atoms with Crippen molar-refractivity contribution in [3.05, 3.63) is 32.8 Å². The van der Waals surface area contributed by atoms with Crippen LogP contribution in [-0.4, -0.2) is 0 Å². The number of hydrogen-bond donors (Lipinski definition) is 0. The van der Waals surface area contributed by atoms with Crippen molar-refractivity contribution in [1.29, 1.82) is 0 Å². The van der Waals surface area contributed by atoms with Crippen molar-refractivity contribution in [3.63, 3.8) is 0 Å². The third-order valence-electron chi connectivity index (χ3n) is 1.45. The fourth-order valence-electron chi connectivity index (χ4n) is 0.792. The molecule has 0 atom stereocenters. The van der Waals surface area contributed by atoms with Crippen LogP contribution >= 0.6 is 79.7 Å². The summed E-state index contributed by atoms with van der Waals surface area (Å²) < 4.78 is -1.34. The van der Waals surface area contributed by atoms with Gasteiger partial charge in [0.25, 0.3) is 0 Å². The number of halogens is 6. The topological polar surface area (TPSA) is 0 Å². The van der Waals surface area contributed by atoms with Gasteiger partial charge in [0.1, 0.15) is 0 Å². The van der Waals surface area contributed by atoms with Crippen LogP contribution in [0.4, 0.5) is 0 Å². The Bertz CT molecular complexity index is 350. The lowest BCUT2D eigenvalue weighted by Crippen LogP contribution is -2.03. The minimum atomic E-state index is -1.34. The minimum absolute atomic E-state index is 0.206. The van der Waals surface area contributed by atoms with Crippen molar-refractivity contribution in [2.24, 2.45) is 0 Å². The molecule has 0 saturated carbocycles. The highest BCUT2D eigenvalue weighted by Crippen LogP contribution is 2.51. The molecule has 7 heteroatoms. The van der Waals surface area contributed by atoms with Gasteiger partial charge in [0.15, 0.2) is 0 Å². The molecule has 0 spiro atoms.